The number of ether oxygens (including phenoxy) is 2. The van der Waals surface area contributed by atoms with Crippen LogP contribution in [0.1, 0.15) is 12.5 Å². The number of para-hydroxylation sites is 2. The van der Waals surface area contributed by atoms with E-state index in [0.29, 0.717) is 5.76 Å². The van der Waals surface area contributed by atoms with Crippen LogP contribution in [0.5, 0.6) is 11.5 Å². The Hall–Kier alpha value is -2.22. The number of rotatable bonds is 2. The van der Waals surface area contributed by atoms with Gasteiger partial charge in [-0.05, 0) is 24.6 Å². The zero-order valence-electron chi connectivity index (χ0n) is 10.9. The third-order valence-corrected chi connectivity index (χ3v) is 3.39. The van der Waals surface area contributed by atoms with E-state index in [-0.39, 0.29) is 0 Å². The van der Waals surface area contributed by atoms with Crippen molar-refractivity contribution in [2.45, 2.75) is 18.9 Å². The molecule has 0 saturated carbocycles. The van der Waals surface area contributed by atoms with E-state index in [1.165, 1.54) is 5.56 Å². The van der Waals surface area contributed by atoms with Crippen LogP contribution in [0.3, 0.4) is 0 Å². The van der Waals surface area contributed by atoms with Crippen molar-refractivity contribution in [1.29, 1.82) is 0 Å². The van der Waals surface area contributed by atoms with Crippen LogP contribution in [0.25, 0.3) is 0 Å². The number of hydrogen-bond acceptors (Lipinski definition) is 2. The molecule has 0 bridgehead atoms. The molecule has 19 heavy (non-hydrogen) atoms. The maximum absolute atomic E-state index is 6.11. The van der Waals surface area contributed by atoms with Gasteiger partial charge in [-0.15, -0.1) is 0 Å². The summed E-state index contributed by atoms with van der Waals surface area (Å²) in [4.78, 5) is 0. The molecule has 0 saturated heterocycles. The zero-order valence-corrected chi connectivity index (χ0v) is 10.9. The zero-order chi connectivity index (χ0) is 13.3. The van der Waals surface area contributed by atoms with Gasteiger partial charge >= 0.3 is 0 Å². The molecular weight excluding hydrogens is 236 g/mol. The summed E-state index contributed by atoms with van der Waals surface area (Å²) in [6.45, 7) is 6.03. The van der Waals surface area contributed by atoms with Crippen molar-refractivity contribution in [2.75, 3.05) is 0 Å². The molecule has 0 amide bonds. The molecule has 2 heteroatoms. The van der Waals surface area contributed by atoms with Crippen LogP contribution in [0, 0.1) is 0 Å². The summed E-state index contributed by atoms with van der Waals surface area (Å²) in [5, 5.41) is 0. The van der Waals surface area contributed by atoms with E-state index in [1.54, 1.807) is 0 Å². The minimum absolute atomic E-state index is 0.532. The number of benzene rings is 2. The Morgan fingerprint density at radius 3 is 2.32 bits per heavy atom. The predicted molar refractivity (Wildman–Crippen MR) is 75.4 cm³/mol. The van der Waals surface area contributed by atoms with Crippen molar-refractivity contribution in [3.63, 3.8) is 0 Å². The monoisotopic (exact) mass is 252 g/mol. The van der Waals surface area contributed by atoms with Gasteiger partial charge in [0.25, 0.3) is 0 Å². The van der Waals surface area contributed by atoms with Crippen LogP contribution in [0.4, 0.5) is 0 Å². The first-order valence-corrected chi connectivity index (χ1v) is 6.37. The molecule has 0 aromatic heterocycles. The molecule has 1 unspecified atom stereocenters. The molecule has 0 aliphatic carbocycles. The molecule has 0 N–H and O–H groups in total. The minimum atomic E-state index is -0.532. The second-order valence-corrected chi connectivity index (χ2v) is 4.97. The molecule has 3 rings (SSSR count). The smallest absolute Gasteiger partial charge is 0.169 e. The fourth-order valence-electron chi connectivity index (χ4n) is 2.28. The lowest BCUT2D eigenvalue weighted by Crippen LogP contribution is -2.41. The molecule has 2 aromatic rings. The van der Waals surface area contributed by atoms with Crippen molar-refractivity contribution >= 4 is 0 Å². The SMILES string of the molecule is C=C1Oc2ccccc2OC1(C)Cc1ccccc1. The normalized spacial score (nSPS) is 21.2. The van der Waals surface area contributed by atoms with Crippen LogP contribution >= 0.6 is 0 Å². The first-order valence-electron chi connectivity index (χ1n) is 6.37. The first-order chi connectivity index (χ1) is 9.17. The van der Waals surface area contributed by atoms with Gasteiger partial charge in [0.1, 0.15) is 5.76 Å². The van der Waals surface area contributed by atoms with Gasteiger partial charge in [0, 0.05) is 6.42 Å². The topological polar surface area (TPSA) is 18.5 Å². The Morgan fingerprint density at radius 1 is 0.947 bits per heavy atom. The molecule has 0 radical (unpaired) electrons. The summed E-state index contributed by atoms with van der Waals surface area (Å²) in [5.41, 5.74) is 0.671. The number of fused-ring (bicyclic) bond motifs is 1. The van der Waals surface area contributed by atoms with E-state index in [2.05, 4.69) is 18.7 Å². The summed E-state index contributed by atoms with van der Waals surface area (Å²) in [6, 6.07) is 17.9. The molecule has 2 nitrogen and oxygen atoms in total. The molecule has 1 aliphatic rings. The molecule has 1 atom stereocenters. The van der Waals surface area contributed by atoms with E-state index in [1.807, 2.05) is 49.4 Å². The summed E-state index contributed by atoms with van der Waals surface area (Å²) in [5.74, 6) is 2.15. The van der Waals surface area contributed by atoms with Crippen LogP contribution in [-0.2, 0) is 6.42 Å². The Morgan fingerprint density at radius 2 is 1.58 bits per heavy atom. The number of hydrogen-bond donors (Lipinski definition) is 0. The van der Waals surface area contributed by atoms with E-state index in [9.17, 15) is 0 Å². The summed E-state index contributed by atoms with van der Waals surface area (Å²) in [6.07, 6.45) is 0.737. The molecule has 0 spiro atoms. The van der Waals surface area contributed by atoms with Crippen molar-refractivity contribution in [1.82, 2.24) is 0 Å². The Kier molecular flexibility index (Phi) is 2.79. The van der Waals surface area contributed by atoms with Crippen molar-refractivity contribution in [3.05, 3.63) is 72.5 Å². The van der Waals surface area contributed by atoms with Crippen LogP contribution < -0.4 is 9.47 Å². The predicted octanol–water partition coefficient (Wildman–Crippen LogP) is 3.97. The lowest BCUT2D eigenvalue weighted by molar-refractivity contribution is 0.0584. The van der Waals surface area contributed by atoms with Gasteiger partial charge in [0.2, 0.25) is 0 Å². The van der Waals surface area contributed by atoms with Crippen LogP contribution in [0.2, 0.25) is 0 Å². The Bertz CT molecular complexity index is 604. The summed E-state index contributed by atoms with van der Waals surface area (Å²) < 4.78 is 11.9. The van der Waals surface area contributed by atoms with Gasteiger partial charge in [-0.2, -0.15) is 0 Å². The quantitative estimate of drug-likeness (QED) is 0.805. The van der Waals surface area contributed by atoms with E-state index >= 15 is 0 Å². The summed E-state index contributed by atoms with van der Waals surface area (Å²) >= 11 is 0. The third kappa shape index (κ3) is 2.22. The second-order valence-electron chi connectivity index (χ2n) is 4.97. The molecule has 2 aromatic carbocycles. The van der Waals surface area contributed by atoms with Gasteiger partial charge < -0.3 is 9.47 Å². The molecule has 0 fully saturated rings. The third-order valence-electron chi connectivity index (χ3n) is 3.39. The lowest BCUT2D eigenvalue weighted by atomic mass is 9.93. The van der Waals surface area contributed by atoms with Crippen molar-refractivity contribution < 1.29 is 9.47 Å². The highest BCUT2D eigenvalue weighted by atomic mass is 16.6. The van der Waals surface area contributed by atoms with Crippen LogP contribution in [0.15, 0.2) is 66.9 Å². The van der Waals surface area contributed by atoms with Gasteiger partial charge in [-0.3, -0.25) is 0 Å². The van der Waals surface area contributed by atoms with Crippen molar-refractivity contribution in [2.24, 2.45) is 0 Å². The highest BCUT2D eigenvalue weighted by molar-refractivity contribution is 5.44. The van der Waals surface area contributed by atoms with E-state index < -0.39 is 5.60 Å². The minimum Gasteiger partial charge on any atom is -0.475 e. The molecular formula is C17H16O2. The maximum atomic E-state index is 6.11. The average Bonchev–Trinajstić information content (AvgIpc) is 2.41. The molecule has 1 heterocycles. The highest BCUT2D eigenvalue weighted by Crippen LogP contribution is 2.40. The fraction of sp³-hybridized carbons (Fsp3) is 0.176. The molecule has 96 valence electrons. The Labute approximate surface area is 113 Å². The second kappa shape index (κ2) is 4.47. The lowest BCUT2D eigenvalue weighted by Gasteiger charge is -2.37. The first kappa shape index (κ1) is 11.8. The van der Waals surface area contributed by atoms with Crippen LogP contribution in [-0.4, -0.2) is 5.60 Å². The maximum Gasteiger partial charge on any atom is 0.169 e. The van der Waals surface area contributed by atoms with Gasteiger partial charge in [-0.1, -0.05) is 49.0 Å². The van der Waals surface area contributed by atoms with Gasteiger partial charge in [0.05, 0.1) is 0 Å². The van der Waals surface area contributed by atoms with E-state index in [0.717, 1.165) is 17.9 Å². The Balaban J connectivity index is 1.91. The highest BCUT2D eigenvalue weighted by Gasteiger charge is 2.37. The largest absolute Gasteiger partial charge is 0.475 e. The summed E-state index contributed by atoms with van der Waals surface area (Å²) in [7, 11) is 0. The molecule has 1 aliphatic heterocycles. The standard InChI is InChI=1S/C17H16O2/c1-13-17(2,12-14-8-4-3-5-9-14)19-16-11-7-6-10-15(16)18-13/h3-11H,1,12H2,2H3. The van der Waals surface area contributed by atoms with E-state index in [4.69, 9.17) is 9.47 Å². The van der Waals surface area contributed by atoms with Crippen molar-refractivity contribution in [3.8, 4) is 11.5 Å². The van der Waals surface area contributed by atoms with Gasteiger partial charge in [0.15, 0.2) is 17.1 Å². The van der Waals surface area contributed by atoms with Gasteiger partial charge in [-0.25, -0.2) is 0 Å². The average molecular weight is 252 g/mol. The fourth-order valence-corrected chi connectivity index (χ4v) is 2.28.